The molecule has 2 N–H and O–H groups in total. The molecule has 1 saturated heterocycles. The molecule has 1 aromatic carbocycles. The second kappa shape index (κ2) is 4.75. The third kappa shape index (κ3) is 2.42. The number of hydrogen-bond acceptors (Lipinski definition) is 3. The summed E-state index contributed by atoms with van der Waals surface area (Å²) < 4.78 is 0. The molecule has 5 heteroatoms. The Morgan fingerprint density at radius 3 is 2.82 bits per heavy atom. The van der Waals surface area contributed by atoms with E-state index in [1.54, 1.807) is 18.2 Å². The van der Waals surface area contributed by atoms with Crippen molar-refractivity contribution in [3.8, 4) is 0 Å². The van der Waals surface area contributed by atoms with Gasteiger partial charge in [-0.05, 0) is 24.6 Å². The van der Waals surface area contributed by atoms with Gasteiger partial charge in [-0.1, -0.05) is 11.6 Å². The summed E-state index contributed by atoms with van der Waals surface area (Å²) in [4.78, 5) is 23.7. The van der Waals surface area contributed by atoms with Crippen molar-refractivity contribution < 1.29 is 9.59 Å². The number of halogens is 1. The molecule has 4 nitrogen and oxygen atoms in total. The number of carbonyl (C=O) groups excluding carboxylic acids is 2. The van der Waals surface area contributed by atoms with Crippen LogP contribution in [0.1, 0.15) is 16.8 Å². The molecule has 0 aliphatic carbocycles. The van der Waals surface area contributed by atoms with E-state index in [0.29, 0.717) is 17.1 Å². The predicted molar refractivity (Wildman–Crippen MR) is 66.4 cm³/mol. The summed E-state index contributed by atoms with van der Waals surface area (Å²) in [5, 5.41) is 0.528. The molecule has 0 radical (unpaired) electrons. The zero-order valence-electron chi connectivity index (χ0n) is 9.23. The Bertz CT molecular complexity index is 462. The Kier molecular flexibility index (Phi) is 3.33. The highest BCUT2D eigenvalue weighted by atomic mass is 35.5. The Labute approximate surface area is 104 Å². The van der Waals surface area contributed by atoms with Crippen molar-refractivity contribution in [3.05, 3.63) is 28.8 Å². The molecule has 1 aliphatic rings. The van der Waals surface area contributed by atoms with E-state index in [4.69, 9.17) is 17.3 Å². The highest BCUT2D eigenvalue weighted by Gasteiger charge is 2.27. The van der Waals surface area contributed by atoms with E-state index in [1.807, 2.05) is 4.90 Å². The van der Waals surface area contributed by atoms with Crippen LogP contribution in [0, 0.1) is 5.92 Å². The first-order valence-electron chi connectivity index (χ1n) is 5.41. The second-order valence-corrected chi connectivity index (χ2v) is 4.57. The summed E-state index contributed by atoms with van der Waals surface area (Å²) in [6.07, 6.45) is 1.51. The summed E-state index contributed by atoms with van der Waals surface area (Å²) in [5.74, 6) is -0.384. The molecule has 1 heterocycles. The first kappa shape index (κ1) is 11.9. The van der Waals surface area contributed by atoms with Gasteiger partial charge in [-0.2, -0.15) is 0 Å². The minimum Gasteiger partial charge on any atom is -0.370 e. The Hall–Kier alpha value is -1.55. The van der Waals surface area contributed by atoms with E-state index in [1.165, 1.54) is 0 Å². The Morgan fingerprint density at radius 2 is 2.29 bits per heavy atom. The first-order chi connectivity index (χ1) is 8.11. The van der Waals surface area contributed by atoms with Crippen LogP contribution < -0.4 is 10.6 Å². The van der Waals surface area contributed by atoms with Crippen molar-refractivity contribution in [2.24, 2.45) is 11.7 Å². The van der Waals surface area contributed by atoms with Crippen molar-refractivity contribution in [2.75, 3.05) is 18.0 Å². The van der Waals surface area contributed by atoms with Crippen LogP contribution in [0.3, 0.4) is 0 Å². The SMILES string of the molecule is NC(=O)C1CCN(c2ccc(C=O)cc2Cl)C1. The van der Waals surface area contributed by atoms with Gasteiger partial charge in [0.2, 0.25) is 5.91 Å². The number of anilines is 1. The molecule has 1 amide bonds. The summed E-state index contributed by atoms with van der Waals surface area (Å²) in [6, 6.07) is 5.14. The monoisotopic (exact) mass is 252 g/mol. The number of carbonyl (C=O) groups is 2. The fraction of sp³-hybridized carbons (Fsp3) is 0.333. The van der Waals surface area contributed by atoms with Gasteiger partial charge < -0.3 is 10.6 Å². The molecule has 0 spiro atoms. The van der Waals surface area contributed by atoms with Gasteiger partial charge in [0.1, 0.15) is 6.29 Å². The van der Waals surface area contributed by atoms with Gasteiger partial charge in [0.05, 0.1) is 16.6 Å². The van der Waals surface area contributed by atoms with E-state index in [-0.39, 0.29) is 11.8 Å². The molecule has 1 atom stereocenters. The van der Waals surface area contributed by atoms with Gasteiger partial charge >= 0.3 is 0 Å². The first-order valence-corrected chi connectivity index (χ1v) is 5.78. The van der Waals surface area contributed by atoms with Gasteiger partial charge in [0.25, 0.3) is 0 Å². The zero-order chi connectivity index (χ0) is 12.4. The third-order valence-corrected chi connectivity index (χ3v) is 3.34. The Balaban J connectivity index is 2.19. The maximum Gasteiger partial charge on any atom is 0.222 e. The second-order valence-electron chi connectivity index (χ2n) is 4.16. The Morgan fingerprint density at radius 1 is 1.53 bits per heavy atom. The molecule has 2 rings (SSSR count). The van der Waals surface area contributed by atoms with E-state index in [0.717, 1.165) is 24.9 Å². The molecule has 0 aromatic heterocycles. The number of nitrogens with zero attached hydrogens (tertiary/aromatic N) is 1. The number of amides is 1. The van der Waals surface area contributed by atoms with Crippen molar-refractivity contribution in [2.45, 2.75) is 6.42 Å². The normalized spacial score (nSPS) is 19.4. The van der Waals surface area contributed by atoms with Crippen LogP contribution in [-0.4, -0.2) is 25.3 Å². The number of rotatable bonds is 3. The van der Waals surface area contributed by atoms with Crippen LogP contribution in [0.4, 0.5) is 5.69 Å². The molecule has 0 bridgehead atoms. The molecule has 17 heavy (non-hydrogen) atoms. The van der Waals surface area contributed by atoms with E-state index in [9.17, 15) is 9.59 Å². The van der Waals surface area contributed by atoms with E-state index < -0.39 is 0 Å². The lowest BCUT2D eigenvalue weighted by Crippen LogP contribution is -2.27. The standard InChI is InChI=1S/C12H13ClN2O2/c13-10-5-8(7-16)1-2-11(10)15-4-3-9(6-15)12(14)17/h1-2,5,7,9H,3-4,6H2,(H2,14,17). The quantitative estimate of drug-likeness (QED) is 0.829. The number of hydrogen-bond donors (Lipinski definition) is 1. The number of nitrogens with two attached hydrogens (primary N) is 1. The van der Waals surface area contributed by atoms with Crippen molar-refractivity contribution >= 4 is 29.5 Å². The van der Waals surface area contributed by atoms with Crippen molar-refractivity contribution in [1.29, 1.82) is 0 Å². The van der Waals surface area contributed by atoms with Gasteiger partial charge in [0, 0.05) is 18.7 Å². The molecular weight excluding hydrogens is 240 g/mol. The van der Waals surface area contributed by atoms with Crippen molar-refractivity contribution in [3.63, 3.8) is 0 Å². The third-order valence-electron chi connectivity index (χ3n) is 3.04. The fourth-order valence-electron chi connectivity index (χ4n) is 2.06. The van der Waals surface area contributed by atoms with E-state index >= 15 is 0 Å². The fourth-order valence-corrected chi connectivity index (χ4v) is 2.37. The van der Waals surface area contributed by atoms with Crippen LogP contribution in [-0.2, 0) is 4.79 Å². The maximum absolute atomic E-state index is 11.1. The maximum atomic E-state index is 11.1. The molecule has 1 aliphatic heterocycles. The lowest BCUT2D eigenvalue weighted by Gasteiger charge is -2.19. The lowest BCUT2D eigenvalue weighted by atomic mass is 10.1. The minimum absolute atomic E-state index is 0.114. The summed E-state index contributed by atoms with van der Waals surface area (Å²) >= 11 is 6.10. The highest BCUT2D eigenvalue weighted by molar-refractivity contribution is 6.33. The smallest absolute Gasteiger partial charge is 0.222 e. The van der Waals surface area contributed by atoms with Gasteiger partial charge in [-0.15, -0.1) is 0 Å². The van der Waals surface area contributed by atoms with Crippen LogP contribution in [0.15, 0.2) is 18.2 Å². The lowest BCUT2D eigenvalue weighted by molar-refractivity contribution is -0.121. The molecule has 90 valence electrons. The topological polar surface area (TPSA) is 63.4 Å². The molecular formula is C12H13ClN2O2. The van der Waals surface area contributed by atoms with Crippen LogP contribution in [0.2, 0.25) is 5.02 Å². The summed E-state index contributed by atoms with van der Waals surface area (Å²) in [6.45, 7) is 1.35. The molecule has 1 fully saturated rings. The average molecular weight is 253 g/mol. The van der Waals surface area contributed by atoms with Gasteiger partial charge in [0.15, 0.2) is 0 Å². The molecule has 1 unspecified atom stereocenters. The highest BCUT2D eigenvalue weighted by Crippen LogP contribution is 2.30. The number of aldehydes is 1. The van der Waals surface area contributed by atoms with Crippen LogP contribution in [0.5, 0.6) is 0 Å². The number of benzene rings is 1. The summed E-state index contributed by atoms with van der Waals surface area (Å²) in [7, 11) is 0. The zero-order valence-corrected chi connectivity index (χ0v) is 9.98. The van der Waals surface area contributed by atoms with Gasteiger partial charge in [-0.25, -0.2) is 0 Å². The van der Waals surface area contributed by atoms with Gasteiger partial charge in [-0.3, -0.25) is 9.59 Å². The predicted octanol–water partition coefficient (Wildman–Crippen LogP) is 1.46. The average Bonchev–Trinajstić information content (AvgIpc) is 2.78. The molecule has 1 aromatic rings. The van der Waals surface area contributed by atoms with Crippen LogP contribution in [0.25, 0.3) is 0 Å². The van der Waals surface area contributed by atoms with E-state index in [2.05, 4.69) is 0 Å². The molecule has 0 saturated carbocycles. The van der Waals surface area contributed by atoms with Crippen LogP contribution >= 0.6 is 11.6 Å². The summed E-state index contributed by atoms with van der Waals surface area (Å²) in [5.41, 5.74) is 6.67. The largest absolute Gasteiger partial charge is 0.370 e. The number of primary amides is 1. The minimum atomic E-state index is -0.270. The van der Waals surface area contributed by atoms with Crippen molar-refractivity contribution in [1.82, 2.24) is 0 Å².